The second-order valence-electron chi connectivity index (χ2n) is 7.78. The van der Waals surface area contributed by atoms with E-state index in [0.717, 1.165) is 43.9 Å². The number of aromatic nitrogens is 2. The molecule has 0 spiro atoms. The van der Waals surface area contributed by atoms with Crippen LogP contribution in [0.3, 0.4) is 0 Å². The van der Waals surface area contributed by atoms with Crippen molar-refractivity contribution in [3.63, 3.8) is 0 Å². The number of piperidine rings is 1. The molecule has 1 saturated heterocycles. The highest BCUT2D eigenvalue weighted by Gasteiger charge is 2.22. The highest BCUT2D eigenvalue weighted by Crippen LogP contribution is 2.25. The van der Waals surface area contributed by atoms with Gasteiger partial charge < -0.3 is 9.80 Å². The van der Waals surface area contributed by atoms with Crippen LogP contribution in [0.5, 0.6) is 0 Å². The van der Waals surface area contributed by atoms with E-state index in [2.05, 4.69) is 45.4 Å². The van der Waals surface area contributed by atoms with Crippen LogP contribution in [0, 0.1) is 5.92 Å². The van der Waals surface area contributed by atoms with Gasteiger partial charge in [0, 0.05) is 25.3 Å². The molecule has 0 radical (unpaired) electrons. The van der Waals surface area contributed by atoms with Crippen LogP contribution in [-0.2, 0) is 6.42 Å². The van der Waals surface area contributed by atoms with E-state index < -0.39 is 0 Å². The summed E-state index contributed by atoms with van der Waals surface area (Å²) in [5.41, 5.74) is 2.66. The molecule has 0 unspecified atom stereocenters. The van der Waals surface area contributed by atoms with Gasteiger partial charge in [0.25, 0.3) is 5.91 Å². The fourth-order valence-electron chi connectivity index (χ4n) is 4.11. The molecule has 1 aliphatic rings. The van der Waals surface area contributed by atoms with Crippen molar-refractivity contribution in [2.75, 3.05) is 29.4 Å². The summed E-state index contributed by atoms with van der Waals surface area (Å²) >= 11 is 0. The number of anilines is 2. The fraction of sp³-hybridized carbons (Fsp3) is 0.320. The summed E-state index contributed by atoms with van der Waals surface area (Å²) in [5.74, 6) is 1.44. The van der Waals surface area contributed by atoms with E-state index in [9.17, 15) is 4.79 Å². The van der Waals surface area contributed by atoms with Crippen LogP contribution >= 0.6 is 0 Å². The SMILES string of the molecule is CCN(C(=O)c1ccc(N2CCC(Cc3ccccc3)CC2)nn1)c1ccccc1. The van der Waals surface area contributed by atoms with Crippen LogP contribution in [0.1, 0.15) is 35.8 Å². The molecule has 4 rings (SSSR count). The number of benzene rings is 2. The number of hydrogen-bond donors (Lipinski definition) is 0. The number of rotatable bonds is 6. The van der Waals surface area contributed by atoms with Crippen molar-refractivity contribution in [1.29, 1.82) is 0 Å². The Balaban J connectivity index is 1.36. The molecule has 0 N–H and O–H groups in total. The maximum atomic E-state index is 12.9. The second-order valence-corrected chi connectivity index (χ2v) is 7.78. The molecule has 0 atom stereocenters. The lowest BCUT2D eigenvalue weighted by Crippen LogP contribution is -2.35. The van der Waals surface area contributed by atoms with Gasteiger partial charge in [-0.3, -0.25) is 4.79 Å². The van der Waals surface area contributed by atoms with Crippen molar-refractivity contribution in [1.82, 2.24) is 10.2 Å². The van der Waals surface area contributed by atoms with Crippen LogP contribution < -0.4 is 9.80 Å². The zero-order valence-corrected chi connectivity index (χ0v) is 17.4. The fourth-order valence-corrected chi connectivity index (χ4v) is 4.11. The first-order valence-corrected chi connectivity index (χ1v) is 10.7. The number of amides is 1. The molecule has 1 fully saturated rings. The average molecular weight is 401 g/mol. The van der Waals surface area contributed by atoms with Gasteiger partial charge in [-0.05, 0) is 61.9 Å². The molecule has 0 saturated carbocycles. The quantitative estimate of drug-likeness (QED) is 0.607. The van der Waals surface area contributed by atoms with Gasteiger partial charge in [-0.1, -0.05) is 48.5 Å². The minimum Gasteiger partial charge on any atom is -0.355 e. The lowest BCUT2D eigenvalue weighted by atomic mass is 9.90. The summed E-state index contributed by atoms with van der Waals surface area (Å²) in [6.45, 7) is 4.50. The Morgan fingerprint density at radius 1 is 0.933 bits per heavy atom. The number of hydrogen-bond acceptors (Lipinski definition) is 4. The smallest absolute Gasteiger partial charge is 0.278 e. The minimum absolute atomic E-state index is 0.121. The van der Waals surface area contributed by atoms with E-state index in [1.54, 1.807) is 11.0 Å². The first-order valence-electron chi connectivity index (χ1n) is 10.7. The predicted octanol–water partition coefficient (Wildman–Crippen LogP) is 4.60. The number of nitrogens with zero attached hydrogens (tertiary/aromatic N) is 4. The van der Waals surface area contributed by atoms with Gasteiger partial charge in [0.05, 0.1) is 0 Å². The Morgan fingerprint density at radius 3 is 2.20 bits per heavy atom. The summed E-state index contributed by atoms with van der Waals surface area (Å²) in [4.78, 5) is 16.9. The van der Waals surface area contributed by atoms with Crippen LogP contribution in [0.15, 0.2) is 72.8 Å². The molecule has 5 nitrogen and oxygen atoms in total. The molecular formula is C25H28N4O. The molecule has 154 valence electrons. The van der Waals surface area contributed by atoms with Crippen molar-refractivity contribution in [2.45, 2.75) is 26.2 Å². The van der Waals surface area contributed by atoms with Gasteiger partial charge in [-0.2, -0.15) is 0 Å². The third-order valence-corrected chi connectivity index (χ3v) is 5.80. The molecule has 1 amide bonds. The van der Waals surface area contributed by atoms with Crippen molar-refractivity contribution in [3.8, 4) is 0 Å². The maximum absolute atomic E-state index is 12.9. The maximum Gasteiger partial charge on any atom is 0.278 e. The lowest BCUT2D eigenvalue weighted by Gasteiger charge is -2.32. The van der Waals surface area contributed by atoms with E-state index in [1.165, 1.54) is 5.56 Å². The average Bonchev–Trinajstić information content (AvgIpc) is 2.81. The van der Waals surface area contributed by atoms with E-state index in [1.807, 2.05) is 43.3 Å². The third-order valence-electron chi connectivity index (χ3n) is 5.80. The van der Waals surface area contributed by atoms with Crippen molar-refractivity contribution in [3.05, 3.63) is 84.1 Å². The number of carbonyl (C=O) groups is 1. The molecule has 1 aliphatic heterocycles. The predicted molar refractivity (Wildman–Crippen MR) is 121 cm³/mol. The van der Waals surface area contributed by atoms with E-state index in [0.29, 0.717) is 18.2 Å². The summed E-state index contributed by atoms with van der Waals surface area (Å²) in [5, 5.41) is 8.62. The summed E-state index contributed by atoms with van der Waals surface area (Å²) in [7, 11) is 0. The summed E-state index contributed by atoms with van der Waals surface area (Å²) < 4.78 is 0. The van der Waals surface area contributed by atoms with Gasteiger partial charge in [0.15, 0.2) is 11.5 Å². The van der Waals surface area contributed by atoms with Crippen LogP contribution in [-0.4, -0.2) is 35.7 Å². The standard InChI is InChI=1S/C25H28N4O/c1-2-29(22-11-7-4-8-12-22)25(30)23-13-14-24(27-26-23)28-17-15-21(16-18-28)19-20-9-5-3-6-10-20/h3-14,21H,2,15-19H2,1H3. The Morgan fingerprint density at radius 2 is 1.60 bits per heavy atom. The topological polar surface area (TPSA) is 49.3 Å². The molecule has 2 heterocycles. The van der Waals surface area contributed by atoms with Gasteiger partial charge in [0.1, 0.15) is 0 Å². The normalized spacial score (nSPS) is 14.5. The Kier molecular flexibility index (Phi) is 6.38. The molecule has 5 heteroatoms. The van der Waals surface area contributed by atoms with Gasteiger partial charge in [-0.25, -0.2) is 0 Å². The minimum atomic E-state index is -0.121. The van der Waals surface area contributed by atoms with Crippen LogP contribution in [0.4, 0.5) is 11.5 Å². The Hall–Kier alpha value is -3.21. The third kappa shape index (κ3) is 4.67. The van der Waals surface area contributed by atoms with Gasteiger partial charge >= 0.3 is 0 Å². The zero-order chi connectivity index (χ0) is 20.8. The molecule has 2 aromatic carbocycles. The van der Waals surface area contributed by atoms with Crippen molar-refractivity contribution in [2.24, 2.45) is 5.92 Å². The number of para-hydroxylation sites is 1. The number of carbonyl (C=O) groups excluding carboxylic acids is 1. The van der Waals surface area contributed by atoms with Gasteiger partial charge in [-0.15, -0.1) is 10.2 Å². The van der Waals surface area contributed by atoms with Crippen LogP contribution in [0.2, 0.25) is 0 Å². The highest BCUT2D eigenvalue weighted by atomic mass is 16.2. The first-order chi connectivity index (χ1) is 14.7. The first kappa shape index (κ1) is 20.1. The molecule has 30 heavy (non-hydrogen) atoms. The Bertz CT molecular complexity index is 936. The molecule has 0 aliphatic carbocycles. The van der Waals surface area contributed by atoms with E-state index in [-0.39, 0.29) is 5.91 Å². The molecule has 1 aromatic heterocycles. The van der Waals surface area contributed by atoms with Gasteiger partial charge in [0.2, 0.25) is 0 Å². The van der Waals surface area contributed by atoms with E-state index in [4.69, 9.17) is 0 Å². The van der Waals surface area contributed by atoms with Crippen molar-refractivity contribution < 1.29 is 4.79 Å². The molecule has 3 aromatic rings. The summed E-state index contributed by atoms with van der Waals surface area (Å²) in [6, 6.07) is 24.1. The monoisotopic (exact) mass is 400 g/mol. The molecule has 0 bridgehead atoms. The van der Waals surface area contributed by atoms with Crippen molar-refractivity contribution >= 4 is 17.4 Å². The van der Waals surface area contributed by atoms with E-state index >= 15 is 0 Å². The lowest BCUT2D eigenvalue weighted by molar-refractivity contribution is 0.0982. The Labute approximate surface area is 178 Å². The second kappa shape index (κ2) is 9.53. The highest BCUT2D eigenvalue weighted by molar-refractivity contribution is 6.04. The summed E-state index contributed by atoms with van der Waals surface area (Å²) in [6.07, 6.45) is 3.43. The largest absolute Gasteiger partial charge is 0.355 e. The molecular weight excluding hydrogens is 372 g/mol. The van der Waals surface area contributed by atoms with Crippen LogP contribution in [0.25, 0.3) is 0 Å². The zero-order valence-electron chi connectivity index (χ0n) is 17.4.